The molecule has 21 heavy (non-hydrogen) atoms. The van der Waals surface area contributed by atoms with Crippen molar-refractivity contribution in [1.29, 1.82) is 0 Å². The molecule has 0 saturated heterocycles. The molecular formula is C15H24ClFN2O2. The summed E-state index contributed by atoms with van der Waals surface area (Å²) in [7, 11) is 0. The molecule has 3 N–H and O–H groups in total. The Kier molecular flexibility index (Phi) is 11.6. The minimum absolute atomic E-state index is 0. The Morgan fingerprint density at radius 2 is 2.00 bits per heavy atom. The average Bonchev–Trinajstić information content (AvgIpc) is 2.45. The summed E-state index contributed by atoms with van der Waals surface area (Å²) in [4.78, 5) is 11.7. The summed E-state index contributed by atoms with van der Waals surface area (Å²) in [5, 5.41) is 2.81. The molecule has 0 fully saturated rings. The SMILES string of the molecule is Cl.NCCCCCCC(=O)Nc1cccc(OCCF)c1. The van der Waals surface area contributed by atoms with Gasteiger partial charge in [-0.25, -0.2) is 4.39 Å². The van der Waals surface area contributed by atoms with E-state index in [-0.39, 0.29) is 24.9 Å². The fraction of sp³-hybridized carbons (Fsp3) is 0.533. The van der Waals surface area contributed by atoms with Gasteiger partial charge in [0.2, 0.25) is 5.91 Å². The van der Waals surface area contributed by atoms with Gasteiger partial charge in [0.1, 0.15) is 19.0 Å². The highest BCUT2D eigenvalue weighted by Crippen LogP contribution is 2.17. The number of nitrogens with one attached hydrogen (secondary N) is 1. The van der Waals surface area contributed by atoms with Crippen molar-refractivity contribution < 1.29 is 13.9 Å². The van der Waals surface area contributed by atoms with E-state index in [1.165, 1.54) is 0 Å². The van der Waals surface area contributed by atoms with Crippen molar-refractivity contribution in [3.05, 3.63) is 24.3 Å². The van der Waals surface area contributed by atoms with E-state index in [4.69, 9.17) is 10.5 Å². The zero-order valence-corrected chi connectivity index (χ0v) is 13.0. The van der Waals surface area contributed by atoms with Gasteiger partial charge in [0, 0.05) is 18.2 Å². The standard InChI is InChI=1S/C15H23FN2O2.ClH/c16-9-11-20-14-7-5-6-13(12-14)18-15(19)8-3-1-2-4-10-17;/h5-7,12H,1-4,8-11,17H2,(H,18,19);1H. The van der Waals surface area contributed by atoms with E-state index in [0.717, 1.165) is 25.7 Å². The largest absolute Gasteiger partial charge is 0.491 e. The average molecular weight is 319 g/mol. The summed E-state index contributed by atoms with van der Waals surface area (Å²) in [5.74, 6) is 0.545. The summed E-state index contributed by atoms with van der Waals surface area (Å²) < 4.78 is 17.2. The topological polar surface area (TPSA) is 64.4 Å². The van der Waals surface area contributed by atoms with Crippen LogP contribution >= 0.6 is 12.4 Å². The highest BCUT2D eigenvalue weighted by molar-refractivity contribution is 5.90. The Bertz CT molecular complexity index is 405. The third-order valence-corrected chi connectivity index (χ3v) is 2.82. The summed E-state index contributed by atoms with van der Waals surface area (Å²) in [6.45, 7) is 0.204. The molecule has 0 aromatic heterocycles. The molecule has 1 aromatic carbocycles. The van der Waals surface area contributed by atoms with Crippen LogP contribution in [0, 0.1) is 0 Å². The lowest BCUT2D eigenvalue weighted by Gasteiger charge is -2.08. The maximum absolute atomic E-state index is 12.0. The first-order chi connectivity index (χ1) is 9.76. The first-order valence-electron chi connectivity index (χ1n) is 7.05. The monoisotopic (exact) mass is 318 g/mol. The van der Waals surface area contributed by atoms with Gasteiger partial charge >= 0.3 is 0 Å². The van der Waals surface area contributed by atoms with Crippen molar-refractivity contribution >= 4 is 24.0 Å². The van der Waals surface area contributed by atoms with Gasteiger partial charge in [-0.2, -0.15) is 0 Å². The van der Waals surface area contributed by atoms with Crippen LogP contribution in [-0.2, 0) is 4.79 Å². The molecule has 0 aliphatic heterocycles. The maximum atomic E-state index is 12.0. The molecule has 0 spiro atoms. The molecule has 0 unspecified atom stereocenters. The fourth-order valence-electron chi connectivity index (χ4n) is 1.83. The van der Waals surface area contributed by atoms with E-state index >= 15 is 0 Å². The van der Waals surface area contributed by atoms with Gasteiger partial charge in [-0.15, -0.1) is 12.4 Å². The van der Waals surface area contributed by atoms with Crippen LogP contribution in [0.4, 0.5) is 10.1 Å². The molecule has 1 rings (SSSR count). The smallest absolute Gasteiger partial charge is 0.224 e. The number of benzene rings is 1. The molecule has 1 aromatic rings. The molecule has 0 bridgehead atoms. The van der Waals surface area contributed by atoms with E-state index in [1.807, 2.05) is 0 Å². The lowest BCUT2D eigenvalue weighted by atomic mass is 10.1. The highest BCUT2D eigenvalue weighted by atomic mass is 35.5. The summed E-state index contributed by atoms with van der Waals surface area (Å²) in [5.41, 5.74) is 6.08. The third kappa shape index (κ3) is 9.26. The van der Waals surface area contributed by atoms with Crippen LogP contribution in [0.2, 0.25) is 0 Å². The van der Waals surface area contributed by atoms with Gasteiger partial charge in [0.25, 0.3) is 0 Å². The molecule has 0 atom stereocenters. The zero-order chi connectivity index (χ0) is 14.6. The quantitative estimate of drug-likeness (QED) is 0.651. The molecular weight excluding hydrogens is 295 g/mol. The zero-order valence-electron chi connectivity index (χ0n) is 12.1. The number of anilines is 1. The number of hydrogen-bond donors (Lipinski definition) is 2. The Balaban J connectivity index is 0.00000400. The van der Waals surface area contributed by atoms with Crippen LogP contribution in [0.25, 0.3) is 0 Å². The van der Waals surface area contributed by atoms with Crippen LogP contribution in [0.1, 0.15) is 32.1 Å². The van der Waals surface area contributed by atoms with Gasteiger partial charge in [0.15, 0.2) is 0 Å². The molecule has 4 nitrogen and oxygen atoms in total. The summed E-state index contributed by atoms with van der Waals surface area (Å²) >= 11 is 0. The minimum Gasteiger partial charge on any atom is -0.491 e. The third-order valence-electron chi connectivity index (χ3n) is 2.82. The Hall–Kier alpha value is -1.33. The number of rotatable bonds is 10. The Morgan fingerprint density at radius 1 is 1.24 bits per heavy atom. The second-order valence-electron chi connectivity index (χ2n) is 4.57. The number of carbonyl (C=O) groups excluding carboxylic acids is 1. The molecule has 1 amide bonds. The van der Waals surface area contributed by atoms with E-state index in [1.54, 1.807) is 24.3 Å². The van der Waals surface area contributed by atoms with E-state index in [9.17, 15) is 9.18 Å². The number of halogens is 2. The van der Waals surface area contributed by atoms with Crippen molar-refractivity contribution in [2.24, 2.45) is 5.73 Å². The number of ether oxygens (including phenoxy) is 1. The molecule has 120 valence electrons. The lowest BCUT2D eigenvalue weighted by Crippen LogP contribution is -2.11. The van der Waals surface area contributed by atoms with Crippen LogP contribution in [0.15, 0.2) is 24.3 Å². The molecule has 0 radical (unpaired) electrons. The number of alkyl halides is 1. The van der Waals surface area contributed by atoms with Crippen LogP contribution in [0.3, 0.4) is 0 Å². The summed E-state index contributed by atoms with van der Waals surface area (Å²) in [6, 6.07) is 6.99. The number of nitrogens with two attached hydrogens (primary N) is 1. The molecule has 6 heteroatoms. The van der Waals surface area contributed by atoms with Gasteiger partial charge in [-0.05, 0) is 31.5 Å². The number of hydrogen-bond acceptors (Lipinski definition) is 3. The van der Waals surface area contributed by atoms with E-state index in [0.29, 0.717) is 24.4 Å². The minimum atomic E-state index is -0.528. The molecule has 0 saturated carbocycles. The Morgan fingerprint density at radius 3 is 2.71 bits per heavy atom. The maximum Gasteiger partial charge on any atom is 0.224 e. The van der Waals surface area contributed by atoms with Gasteiger partial charge in [-0.1, -0.05) is 18.9 Å². The van der Waals surface area contributed by atoms with Crippen molar-refractivity contribution in [3.63, 3.8) is 0 Å². The van der Waals surface area contributed by atoms with Crippen molar-refractivity contribution in [3.8, 4) is 5.75 Å². The normalized spacial score (nSPS) is 9.81. The first kappa shape index (κ1) is 19.7. The van der Waals surface area contributed by atoms with Gasteiger partial charge in [-0.3, -0.25) is 4.79 Å². The Labute approximate surface area is 131 Å². The van der Waals surface area contributed by atoms with Crippen LogP contribution in [-0.4, -0.2) is 25.7 Å². The molecule has 0 aliphatic carbocycles. The van der Waals surface area contributed by atoms with Crippen molar-refractivity contribution in [1.82, 2.24) is 0 Å². The summed E-state index contributed by atoms with van der Waals surface area (Å²) in [6.07, 6.45) is 4.46. The van der Waals surface area contributed by atoms with Crippen LogP contribution < -0.4 is 15.8 Å². The van der Waals surface area contributed by atoms with Gasteiger partial charge in [0.05, 0.1) is 0 Å². The van der Waals surface area contributed by atoms with E-state index in [2.05, 4.69) is 5.32 Å². The second kappa shape index (κ2) is 12.4. The predicted molar refractivity (Wildman–Crippen MR) is 85.9 cm³/mol. The fourth-order valence-corrected chi connectivity index (χ4v) is 1.83. The lowest BCUT2D eigenvalue weighted by molar-refractivity contribution is -0.116. The van der Waals surface area contributed by atoms with Crippen molar-refractivity contribution in [2.45, 2.75) is 32.1 Å². The van der Waals surface area contributed by atoms with E-state index < -0.39 is 6.67 Å². The molecule has 0 aliphatic rings. The number of unbranched alkanes of at least 4 members (excludes halogenated alkanes) is 3. The number of amides is 1. The number of carbonyl (C=O) groups is 1. The highest BCUT2D eigenvalue weighted by Gasteiger charge is 2.03. The second-order valence-corrected chi connectivity index (χ2v) is 4.57. The van der Waals surface area contributed by atoms with Crippen molar-refractivity contribution in [2.75, 3.05) is 25.1 Å². The van der Waals surface area contributed by atoms with Gasteiger partial charge < -0.3 is 15.8 Å². The molecule has 0 heterocycles. The first-order valence-corrected chi connectivity index (χ1v) is 7.05. The van der Waals surface area contributed by atoms with Crippen LogP contribution in [0.5, 0.6) is 5.75 Å². The predicted octanol–water partition coefficient (Wildman–Crippen LogP) is 3.30.